The van der Waals surface area contributed by atoms with Crippen molar-refractivity contribution in [3.63, 3.8) is 0 Å². The molecule has 35 heavy (non-hydrogen) atoms. The fraction of sp³-hybridized carbons (Fsp3) is 0.286. The number of aromatic nitrogens is 3. The number of anilines is 1. The van der Waals surface area contributed by atoms with Gasteiger partial charge < -0.3 is 10.2 Å². The van der Waals surface area contributed by atoms with Gasteiger partial charge in [0.05, 0.1) is 10.9 Å². The molecule has 1 saturated carbocycles. The Morgan fingerprint density at radius 2 is 1.91 bits per heavy atom. The van der Waals surface area contributed by atoms with Gasteiger partial charge in [-0.1, -0.05) is 12.1 Å². The van der Waals surface area contributed by atoms with Crippen molar-refractivity contribution in [2.24, 2.45) is 13.0 Å². The van der Waals surface area contributed by atoms with Gasteiger partial charge in [0.1, 0.15) is 5.82 Å². The molecule has 0 aliphatic heterocycles. The van der Waals surface area contributed by atoms with E-state index in [0.717, 1.165) is 28.9 Å². The molecule has 0 bridgehead atoms. The Kier molecular flexibility index (Phi) is 6.31. The van der Waals surface area contributed by atoms with Crippen LogP contribution in [0.1, 0.15) is 40.2 Å². The third-order valence-corrected chi connectivity index (χ3v) is 6.58. The predicted octanol–water partition coefficient (Wildman–Crippen LogP) is 3.98. The third-order valence-electron chi connectivity index (χ3n) is 6.58. The zero-order valence-electron chi connectivity index (χ0n) is 20.1. The fourth-order valence-electron chi connectivity index (χ4n) is 4.23. The molecule has 4 aromatic rings. The van der Waals surface area contributed by atoms with Crippen LogP contribution in [0.3, 0.4) is 0 Å². The van der Waals surface area contributed by atoms with Crippen molar-refractivity contribution in [2.75, 3.05) is 11.4 Å². The van der Waals surface area contributed by atoms with Gasteiger partial charge in [0.2, 0.25) is 0 Å². The quantitative estimate of drug-likeness (QED) is 0.424. The number of hydrogen-bond donors (Lipinski definition) is 1. The zero-order chi connectivity index (χ0) is 24.4. The Bertz CT molecular complexity index is 1410. The monoisotopic (exact) mass is 467 g/mol. The largest absolute Gasteiger partial charge is 0.367 e. The van der Waals surface area contributed by atoms with E-state index in [1.165, 1.54) is 12.8 Å². The maximum atomic E-state index is 12.8. The lowest BCUT2D eigenvalue weighted by Crippen LogP contribution is -2.26. The molecule has 0 atom stereocenters. The number of benzene rings is 2. The summed E-state index contributed by atoms with van der Waals surface area (Å²) in [5, 5.41) is 3.59. The van der Waals surface area contributed by atoms with E-state index in [-0.39, 0.29) is 11.5 Å². The number of pyridine rings is 1. The molecule has 2 aromatic heterocycles. The van der Waals surface area contributed by atoms with Crippen LogP contribution in [0.2, 0.25) is 0 Å². The van der Waals surface area contributed by atoms with Crippen molar-refractivity contribution in [2.45, 2.75) is 32.9 Å². The molecule has 178 valence electrons. The number of nitrogens with zero attached hydrogens (tertiary/aromatic N) is 4. The van der Waals surface area contributed by atoms with Crippen LogP contribution in [-0.4, -0.2) is 27.0 Å². The predicted molar refractivity (Wildman–Crippen MR) is 137 cm³/mol. The van der Waals surface area contributed by atoms with Crippen LogP contribution in [0.15, 0.2) is 71.8 Å². The second kappa shape index (κ2) is 9.70. The maximum Gasteiger partial charge on any atom is 0.261 e. The lowest BCUT2D eigenvalue weighted by atomic mass is 10.1. The van der Waals surface area contributed by atoms with Crippen molar-refractivity contribution >= 4 is 22.5 Å². The van der Waals surface area contributed by atoms with E-state index in [0.29, 0.717) is 35.8 Å². The van der Waals surface area contributed by atoms with E-state index < -0.39 is 0 Å². The first-order valence-electron chi connectivity index (χ1n) is 12.0. The molecular weight excluding hydrogens is 438 g/mol. The molecular formula is C28H29N5O2. The summed E-state index contributed by atoms with van der Waals surface area (Å²) in [5.74, 6) is 1.28. The highest BCUT2D eigenvalue weighted by atomic mass is 16.1. The van der Waals surface area contributed by atoms with Gasteiger partial charge >= 0.3 is 0 Å². The van der Waals surface area contributed by atoms with Crippen molar-refractivity contribution < 1.29 is 4.79 Å². The minimum absolute atomic E-state index is 0.0234. The number of rotatable bonds is 8. The Morgan fingerprint density at radius 3 is 2.63 bits per heavy atom. The smallest absolute Gasteiger partial charge is 0.261 e. The summed E-state index contributed by atoms with van der Waals surface area (Å²) in [7, 11) is 1.75. The average molecular weight is 468 g/mol. The van der Waals surface area contributed by atoms with E-state index in [9.17, 15) is 9.59 Å². The minimum Gasteiger partial charge on any atom is -0.367 e. The molecule has 2 heterocycles. The van der Waals surface area contributed by atoms with Gasteiger partial charge in [-0.2, -0.15) is 0 Å². The molecule has 1 aliphatic carbocycles. The van der Waals surface area contributed by atoms with Crippen molar-refractivity contribution in [3.8, 4) is 0 Å². The summed E-state index contributed by atoms with van der Waals surface area (Å²) in [6, 6.07) is 17.5. The lowest BCUT2D eigenvalue weighted by molar-refractivity contribution is 0.0951. The molecule has 1 fully saturated rings. The molecule has 1 aliphatic rings. The van der Waals surface area contributed by atoms with Crippen LogP contribution in [-0.2, 0) is 20.1 Å². The third kappa shape index (κ3) is 5.24. The van der Waals surface area contributed by atoms with E-state index in [1.807, 2.05) is 61.5 Å². The first-order valence-corrected chi connectivity index (χ1v) is 12.0. The molecule has 2 aromatic carbocycles. The van der Waals surface area contributed by atoms with Gasteiger partial charge in [-0.25, -0.2) is 4.98 Å². The van der Waals surface area contributed by atoms with Crippen molar-refractivity contribution in [1.29, 1.82) is 0 Å². The summed E-state index contributed by atoms with van der Waals surface area (Å²) in [5.41, 5.74) is 4.42. The number of fused-ring (bicyclic) bond motifs is 1. The van der Waals surface area contributed by atoms with Crippen LogP contribution in [0.25, 0.3) is 10.9 Å². The molecule has 1 N–H and O–H groups in total. The molecule has 7 heteroatoms. The van der Waals surface area contributed by atoms with Gasteiger partial charge in [0.25, 0.3) is 11.5 Å². The molecule has 0 spiro atoms. The molecule has 0 radical (unpaired) electrons. The lowest BCUT2D eigenvalue weighted by Gasteiger charge is -2.25. The van der Waals surface area contributed by atoms with Gasteiger partial charge in [0.15, 0.2) is 0 Å². The number of nitrogens with one attached hydrogen (secondary N) is 1. The highest BCUT2D eigenvalue weighted by Crippen LogP contribution is 2.32. The summed E-state index contributed by atoms with van der Waals surface area (Å²) in [4.78, 5) is 36.3. The summed E-state index contributed by atoms with van der Waals surface area (Å²) < 4.78 is 1.59. The fourth-order valence-corrected chi connectivity index (χ4v) is 4.23. The zero-order valence-corrected chi connectivity index (χ0v) is 20.1. The Balaban J connectivity index is 1.33. The van der Waals surface area contributed by atoms with Crippen LogP contribution < -0.4 is 15.8 Å². The molecule has 5 rings (SSSR count). The van der Waals surface area contributed by atoms with Crippen molar-refractivity contribution in [3.05, 3.63) is 99.9 Å². The van der Waals surface area contributed by atoms with Crippen LogP contribution in [0.5, 0.6) is 0 Å². The number of carbonyl (C=O) groups is 1. The van der Waals surface area contributed by atoms with E-state index in [1.54, 1.807) is 24.0 Å². The molecule has 1 amide bonds. The SMILES string of the molecule is Cc1nc2ccc(CN(CC3CC3)c3ccc(C(=O)NCc4cccnc4)cc3)cc2c(=O)n1C. The average Bonchev–Trinajstić information content (AvgIpc) is 3.71. The molecule has 7 nitrogen and oxygen atoms in total. The van der Waals surface area contributed by atoms with Gasteiger partial charge in [-0.05, 0) is 79.3 Å². The molecule has 0 unspecified atom stereocenters. The van der Waals surface area contributed by atoms with E-state index >= 15 is 0 Å². The normalized spacial score (nSPS) is 13.1. The van der Waals surface area contributed by atoms with Crippen molar-refractivity contribution in [1.82, 2.24) is 19.9 Å². The topological polar surface area (TPSA) is 80.1 Å². The van der Waals surface area contributed by atoms with Gasteiger partial charge in [0, 0.05) is 50.3 Å². The van der Waals surface area contributed by atoms with E-state index in [4.69, 9.17) is 0 Å². The summed E-state index contributed by atoms with van der Waals surface area (Å²) in [6.07, 6.45) is 5.95. The Morgan fingerprint density at radius 1 is 1.11 bits per heavy atom. The number of amides is 1. The summed E-state index contributed by atoms with van der Waals surface area (Å²) >= 11 is 0. The van der Waals surface area contributed by atoms with E-state index in [2.05, 4.69) is 20.2 Å². The highest BCUT2D eigenvalue weighted by Gasteiger charge is 2.25. The van der Waals surface area contributed by atoms with Crippen LogP contribution in [0.4, 0.5) is 5.69 Å². The van der Waals surface area contributed by atoms with Crippen LogP contribution in [0, 0.1) is 12.8 Å². The Hall–Kier alpha value is -4.00. The number of carbonyl (C=O) groups excluding carboxylic acids is 1. The first kappa shape index (κ1) is 22.8. The summed E-state index contributed by atoms with van der Waals surface area (Å²) in [6.45, 7) is 3.93. The number of hydrogen-bond acceptors (Lipinski definition) is 5. The highest BCUT2D eigenvalue weighted by molar-refractivity contribution is 5.94. The second-order valence-corrected chi connectivity index (χ2v) is 9.29. The van der Waals surface area contributed by atoms with Gasteiger partial charge in [-0.15, -0.1) is 0 Å². The standard InChI is InChI=1S/C28H29N5O2/c1-19-31-26-12-7-21(14-25(26)28(35)32(19)2)18-33(17-20-5-6-20)24-10-8-23(9-11-24)27(34)30-16-22-4-3-13-29-15-22/h3-4,7-15,20H,5-6,16-18H2,1-2H3,(H,30,34). The molecule has 0 saturated heterocycles. The minimum atomic E-state index is -0.109. The Labute approximate surface area is 204 Å². The number of aryl methyl sites for hydroxylation is 1. The first-order chi connectivity index (χ1) is 17.0. The second-order valence-electron chi connectivity index (χ2n) is 9.29. The van der Waals surface area contributed by atoms with Gasteiger partial charge in [-0.3, -0.25) is 19.1 Å². The van der Waals surface area contributed by atoms with Crippen LogP contribution >= 0.6 is 0 Å². The maximum absolute atomic E-state index is 12.8.